The summed E-state index contributed by atoms with van der Waals surface area (Å²) in [5, 5.41) is 3.13. The van der Waals surface area contributed by atoms with E-state index < -0.39 is 28.5 Å². The Hall–Kier alpha value is -3.17. The van der Waals surface area contributed by atoms with Crippen molar-refractivity contribution in [3.05, 3.63) is 95.0 Å². The molecule has 1 fully saturated rings. The van der Waals surface area contributed by atoms with Crippen molar-refractivity contribution in [2.24, 2.45) is 0 Å². The van der Waals surface area contributed by atoms with Crippen molar-refractivity contribution in [3.8, 4) is 0 Å². The molecule has 1 saturated carbocycles. The molecule has 0 saturated heterocycles. The second-order valence-corrected chi connectivity index (χ2v) is 12.5. The molecule has 0 unspecified atom stereocenters. The van der Waals surface area contributed by atoms with Gasteiger partial charge in [0.15, 0.2) is 0 Å². The number of sulfonamides is 1. The molecule has 9 heteroatoms. The molecule has 0 heterocycles. The lowest BCUT2D eigenvalue weighted by Crippen LogP contribution is -2.53. The van der Waals surface area contributed by atoms with Gasteiger partial charge in [-0.3, -0.25) is 13.9 Å². The summed E-state index contributed by atoms with van der Waals surface area (Å²) in [5.74, 6) is -0.649. The minimum atomic E-state index is -4.07. The molecular weight excluding hydrogens is 578 g/mol. The topological polar surface area (TPSA) is 86.8 Å². The fourth-order valence-electron chi connectivity index (χ4n) is 4.92. The largest absolute Gasteiger partial charge is 0.352 e. The van der Waals surface area contributed by atoms with Gasteiger partial charge in [-0.2, -0.15) is 0 Å². The normalized spacial score (nSPS) is 14.5. The van der Waals surface area contributed by atoms with Crippen molar-refractivity contribution in [1.29, 1.82) is 0 Å². The van der Waals surface area contributed by atoms with E-state index in [1.165, 1.54) is 17.0 Å². The summed E-state index contributed by atoms with van der Waals surface area (Å²) >= 11 is 3.39. The molecule has 39 heavy (non-hydrogen) atoms. The van der Waals surface area contributed by atoms with Crippen LogP contribution in [0.4, 0.5) is 5.69 Å². The summed E-state index contributed by atoms with van der Waals surface area (Å²) in [7, 11) is -4.07. The lowest BCUT2D eigenvalue weighted by atomic mass is 10.1. The van der Waals surface area contributed by atoms with Crippen LogP contribution < -0.4 is 9.62 Å². The first-order valence-electron chi connectivity index (χ1n) is 13.3. The van der Waals surface area contributed by atoms with E-state index in [9.17, 15) is 18.0 Å². The first-order chi connectivity index (χ1) is 18.8. The zero-order valence-electron chi connectivity index (χ0n) is 22.0. The molecule has 206 valence electrons. The Labute approximate surface area is 239 Å². The average Bonchev–Trinajstić information content (AvgIpc) is 3.46. The van der Waals surface area contributed by atoms with Crippen LogP contribution in [0.2, 0.25) is 0 Å². The number of carbonyl (C=O) groups is 2. The van der Waals surface area contributed by atoms with Crippen molar-refractivity contribution >= 4 is 43.5 Å². The summed E-state index contributed by atoms with van der Waals surface area (Å²) in [4.78, 5) is 29.1. The van der Waals surface area contributed by atoms with Gasteiger partial charge in [0.05, 0.1) is 10.6 Å². The summed E-state index contributed by atoms with van der Waals surface area (Å²) in [5.41, 5.74) is 1.22. The van der Waals surface area contributed by atoms with Crippen LogP contribution in [-0.4, -0.2) is 43.8 Å². The molecule has 4 rings (SSSR count). The monoisotopic (exact) mass is 611 g/mol. The number of carbonyl (C=O) groups excluding carboxylic acids is 2. The minimum absolute atomic E-state index is 0.0846. The van der Waals surface area contributed by atoms with Gasteiger partial charge in [-0.15, -0.1) is 0 Å². The van der Waals surface area contributed by atoms with E-state index in [1.807, 2.05) is 37.3 Å². The van der Waals surface area contributed by atoms with Crippen LogP contribution in [0.5, 0.6) is 0 Å². The Morgan fingerprint density at radius 2 is 1.51 bits per heavy atom. The predicted molar refractivity (Wildman–Crippen MR) is 157 cm³/mol. The third kappa shape index (κ3) is 7.28. The third-order valence-corrected chi connectivity index (χ3v) is 9.32. The van der Waals surface area contributed by atoms with Crippen molar-refractivity contribution in [2.75, 3.05) is 10.8 Å². The van der Waals surface area contributed by atoms with Gasteiger partial charge in [-0.25, -0.2) is 8.42 Å². The maximum absolute atomic E-state index is 14.0. The number of hydrogen-bond acceptors (Lipinski definition) is 4. The number of anilines is 1. The van der Waals surface area contributed by atoms with Gasteiger partial charge in [0.25, 0.3) is 10.0 Å². The Morgan fingerprint density at radius 1 is 0.923 bits per heavy atom. The molecule has 0 radical (unpaired) electrons. The first-order valence-corrected chi connectivity index (χ1v) is 15.5. The maximum atomic E-state index is 14.0. The molecule has 3 aromatic carbocycles. The highest BCUT2D eigenvalue weighted by molar-refractivity contribution is 9.10. The van der Waals surface area contributed by atoms with Crippen LogP contribution in [0, 0.1) is 0 Å². The summed E-state index contributed by atoms with van der Waals surface area (Å²) in [6.07, 6.45) is 4.42. The summed E-state index contributed by atoms with van der Waals surface area (Å²) in [6, 6.07) is 23.7. The number of hydrogen-bond donors (Lipinski definition) is 1. The van der Waals surface area contributed by atoms with Crippen LogP contribution in [0.3, 0.4) is 0 Å². The summed E-state index contributed by atoms with van der Waals surface area (Å²) in [6.45, 7) is 1.62. The fourth-order valence-corrected chi connectivity index (χ4v) is 6.62. The van der Waals surface area contributed by atoms with Gasteiger partial charge < -0.3 is 10.2 Å². The van der Waals surface area contributed by atoms with Crippen molar-refractivity contribution in [1.82, 2.24) is 10.2 Å². The highest BCUT2D eigenvalue weighted by Gasteiger charge is 2.34. The average molecular weight is 613 g/mol. The molecule has 0 bridgehead atoms. The highest BCUT2D eigenvalue weighted by Crippen LogP contribution is 2.26. The van der Waals surface area contributed by atoms with Gasteiger partial charge in [-0.1, -0.05) is 84.2 Å². The zero-order valence-corrected chi connectivity index (χ0v) is 24.4. The molecule has 0 aliphatic heterocycles. The van der Waals surface area contributed by atoms with Crippen LogP contribution in [0.25, 0.3) is 0 Å². The number of nitrogens with zero attached hydrogens (tertiary/aromatic N) is 2. The van der Waals surface area contributed by atoms with Gasteiger partial charge in [0.1, 0.15) is 12.6 Å². The smallest absolute Gasteiger partial charge is 0.264 e. The number of amides is 2. The lowest BCUT2D eigenvalue weighted by molar-refractivity contribution is -0.140. The van der Waals surface area contributed by atoms with E-state index in [2.05, 4.69) is 21.2 Å². The number of halogens is 1. The molecule has 1 aliphatic carbocycles. The number of benzene rings is 3. The van der Waals surface area contributed by atoms with Gasteiger partial charge in [0, 0.05) is 17.1 Å². The summed E-state index contributed by atoms with van der Waals surface area (Å²) < 4.78 is 29.5. The highest BCUT2D eigenvalue weighted by atomic mass is 79.9. The second-order valence-electron chi connectivity index (χ2n) is 9.72. The molecule has 1 N–H and O–H groups in total. The predicted octanol–water partition coefficient (Wildman–Crippen LogP) is 5.51. The molecule has 0 spiro atoms. The lowest BCUT2D eigenvalue weighted by Gasteiger charge is -2.33. The molecular formula is C30H34BrN3O4S. The zero-order chi connectivity index (χ0) is 27.8. The molecule has 7 nitrogen and oxygen atoms in total. The fraction of sp³-hybridized carbons (Fsp3) is 0.333. The van der Waals surface area contributed by atoms with E-state index in [-0.39, 0.29) is 23.4 Å². The molecule has 1 aliphatic rings. The standard InChI is InChI=1S/C30H34BrN3O4S/c1-2-28(30(36)32-25-13-9-10-14-25)33(21-23-11-5-3-6-12-23)29(35)22-34(26-19-17-24(31)18-20-26)39(37,38)27-15-7-4-8-16-27/h3-8,11-12,15-20,25,28H,2,9-10,13-14,21-22H2,1H3,(H,32,36)/t28-/m0/s1. The molecule has 3 aromatic rings. The van der Waals surface area contributed by atoms with Gasteiger partial charge >= 0.3 is 0 Å². The third-order valence-electron chi connectivity index (χ3n) is 7.01. The Morgan fingerprint density at radius 3 is 2.10 bits per heavy atom. The van der Waals surface area contributed by atoms with E-state index in [0.717, 1.165) is 40.0 Å². The molecule has 2 amide bonds. The molecule has 0 aromatic heterocycles. The van der Waals surface area contributed by atoms with Gasteiger partial charge in [-0.05, 0) is 61.2 Å². The first kappa shape index (κ1) is 28.8. The number of nitrogens with one attached hydrogen (secondary N) is 1. The minimum Gasteiger partial charge on any atom is -0.352 e. The van der Waals surface area contributed by atoms with Crippen LogP contribution >= 0.6 is 15.9 Å². The quantitative estimate of drug-likeness (QED) is 0.310. The SMILES string of the molecule is CC[C@@H](C(=O)NC1CCCC1)N(Cc1ccccc1)C(=O)CN(c1ccc(Br)cc1)S(=O)(=O)c1ccccc1. The van der Waals surface area contributed by atoms with Crippen LogP contribution in [-0.2, 0) is 26.2 Å². The Balaban J connectivity index is 1.68. The Bertz CT molecular complexity index is 1350. The van der Waals surface area contributed by atoms with Crippen LogP contribution in [0.15, 0.2) is 94.3 Å². The van der Waals surface area contributed by atoms with E-state index >= 15 is 0 Å². The van der Waals surface area contributed by atoms with Crippen molar-refractivity contribution in [2.45, 2.75) is 62.6 Å². The van der Waals surface area contributed by atoms with Crippen molar-refractivity contribution in [3.63, 3.8) is 0 Å². The maximum Gasteiger partial charge on any atom is 0.264 e. The van der Waals surface area contributed by atoms with Gasteiger partial charge in [0.2, 0.25) is 11.8 Å². The Kier molecular flexibility index (Phi) is 9.80. The van der Waals surface area contributed by atoms with E-state index in [4.69, 9.17) is 0 Å². The number of rotatable bonds is 11. The van der Waals surface area contributed by atoms with E-state index in [1.54, 1.807) is 42.5 Å². The van der Waals surface area contributed by atoms with E-state index in [0.29, 0.717) is 12.1 Å². The second kappa shape index (κ2) is 13.3. The van der Waals surface area contributed by atoms with Crippen LogP contribution in [0.1, 0.15) is 44.6 Å². The van der Waals surface area contributed by atoms with Crippen molar-refractivity contribution < 1.29 is 18.0 Å². The molecule has 1 atom stereocenters.